The molecule has 1 aliphatic heterocycles. The molecular weight excluding hydrogens is 550 g/mol. The number of alkyl carbamates (subject to hydrolysis) is 1. The van der Waals surface area contributed by atoms with Crippen molar-refractivity contribution in [3.8, 4) is 0 Å². The zero-order valence-corrected chi connectivity index (χ0v) is 21.9. The Kier molecular flexibility index (Phi) is 10.4. The monoisotopic (exact) mass is 574 g/mol. The number of nitrogens with one attached hydrogen (secondary N) is 2. The number of hydrogen-bond donors (Lipinski definition) is 2. The zero-order chi connectivity index (χ0) is 27.8. The van der Waals surface area contributed by atoms with E-state index >= 15 is 0 Å². The number of ether oxygens (including phenoxy) is 2. The third-order valence-electron chi connectivity index (χ3n) is 4.96. The van der Waals surface area contributed by atoms with E-state index in [1.165, 1.54) is 41.3 Å². The van der Waals surface area contributed by atoms with Crippen molar-refractivity contribution in [2.24, 2.45) is 0 Å². The molecule has 11 nitrogen and oxygen atoms in total. The summed E-state index contributed by atoms with van der Waals surface area (Å²) in [5, 5.41) is 5.05. The van der Waals surface area contributed by atoms with Gasteiger partial charge in [-0.25, -0.2) is 4.79 Å². The van der Waals surface area contributed by atoms with Crippen molar-refractivity contribution < 1.29 is 42.3 Å². The van der Waals surface area contributed by atoms with Crippen LogP contribution in [0.15, 0.2) is 36.4 Å². The first-order valence-electron chi connectivity index (χ1n) is 11.3. The van der Waals surface area contributed by atoms with Crippen LogP contribution in [-0.4, -0.2) is 68.9 Å². The number of alkyl halides is 2. The minimum Gasteiger partial charge on any atom is -0.447 e. The number of carbonyl (C=O) groups is 4. The first-order chi connectivity index (χ1) is 18.0. The van der Waals surface area contributed by atoms with Crippen LogP contribution in [0.1, 0.15) is 23.5 Å². The summed E-state index contributed by atoms with van der Waals surface area (Å²) < 4.78 is 37.1. The van der Waals surface area contributed by atoms with E-state index in [1.807, 2.05) is 0 Å². The third kappa shape index (κ3) is 8.08. The molecular formula is C23H25ClF2N4O7S. The molecule has 0 aliphatic carbocycles. The summed E-state index contributed by atoms with van der Waals surface area (Å²) in [6.07, 6.45) is -1.55. The SMILES string of the molecule is CC(C)OC(=O)N[C@H](CNC(=O)c1ccc(Cl)s1)C(=O)N(OC(F)F)c1ccc(N2CCOCC2=O)cc1. The lowest BCUT2D eigenvalue weighted by molar-refractivity contribution is -0.160. The van der Waals surface area contributed by atoms with Crippen molar-refractivity contribution in [1.29, 1.82) is 0 Å². The third-order valence-corrected chi connectivity index (χ3v) is 6.19. The molecule has 1 atom stereocenters. The molecule has 1 aromatic carbocycles. The average Bonchev–Trinajstić information content (AvgIpc) is 3.31. The second kappa shape index (κ2) is 13.5. The maximum absolute atomic E-state index is 13.3. The van der Waals surface area contributed by atoms with Gasteiger partial charge in [-0.3, -0.25) is 14.4 Å². The number of thiophene rings is 1. The van der Waals surface area contributed by atoms with Crippen LogP contribution < -0.4 is 20.6 Å². The standard InChI is InChI=1S/C23H25ClF2N4O7S/c1-13(2)36-23(34)28-16(11-27-20(32)17-7-8-18(24)38-17)21(33)30(37-22(25)26)15-5-3-14(4-6-15)29-9-10-35-12-19(29)31/h3-8,13,16,22H,9-12H2,1-2H3,(H,27,32)(H,28,34)/t16-/m1/s1. The average molecular weight is 575 g/mol. The van der Waals surface area contributed by atoms with Gasteiger partial charge in [-0.1, -0.05) is 11.6 Å². The summed E-state index contributed by atoms with van der Waals surface area (Å²) in [5.41, 5.74) is 0.351. The molecule has 15 heteroatoms. The smallest absolute Gasteiger partial charge is 0.408 e. The Morgan fingerprint density at radius 2 is 1.89 bits per heavy atom. The van der Waals surface area contributed by atoms with Crippen LogP contribution >= 0.6 is 22.9 Å². The summed E-state index contributed by atoms with van der Waals surface area (Å²) in [5.74, 6) is -2.00. The Hall–Kier alpha value is -3.33. The van der Waals surface area contributed by atoms with E-state index in [-0.39, 0.29) is 23.1 Å². The van der Waals surface area contributed by atoms with Crippen molar-refractivity contribution >= 4 is 58.1 Å². The Bertz CT molecular complexity index is 1150. The second-order valence-corrected chi connectivity index (χ2v) is 9.79. The highest BCUT2D eigenvalue weighted by Gasteiger charge is 2.32. The molecule has 0 unspecified atom stereocenters. The van der Waals surface area contributed by atoms with Gasteiger partial charge in [0.05, 0.1) is 27.6 Å². The van der Waals surface area contributed by atoms with Crippen molar-refractivity contribution in [3.05, 3.63) is 45.6 Å². The van der Waals surface area contributed by atoms with Crippen LogP contribution in [0.25, 0.3) is 0 Å². The highest BCUT2D eigenvalue weighted by Crippen LogP contribution is 2.24. The summed E-state index contributed by atoms with van der Waals surface area (Å²) >= 11 is 6.84. The van der Waals surface area contributed by atoms with E-state index in [0.717, 1.165) is 11.3 Å². The van der Waals surface area contributed by atoms with Crippen molar-refractivity contribution in [1.82, 2.24) is 10.6 Å². The Morgan fingerprint density at radius 3 is 2.47 bits per heavy atom. The first-order valence-corrected chi connectivity index (χ1v) is 12.5. The normalized spacial score (nSPS) is 14.4. The zero-order valence-electron chi connectivity index (χ0n) is 20.3. The molecule has 1 aliphatic rings. The number of anilines is 2. The van der Waals surface area contributed by atoms with Crippen molar-refractivity contribution in [2.75, 3.05) is 36.3 Å². The highest BCUT2D eigenvalue weighted by molar-refractivity contribution is 7.18. The number of amides is 4. The Labute approximate surface area is 225 Å². The van der Waals surface area contributed by atoms with E-state index < -0.39 is 43.2 Å². The lowest BCUT2D eigenvalue weighted by Crippen LogP contribution is -2.54. The number of benzene rings is 1. The van der Waals surface area contributed by atoms with Crippen LogP contribution in [0, 0.1) is 0 Å². The molecule has 0 spiro atoms. The molecule has 4 amide bonds. The van der Waals surface area contributed by atoms with Crippen LogP contribution in [0.2, 0.25) is 4.34 Å². The summed E-state index contributed by atoms with van der Waals surface area (Å²) in [4.78, 5) is 56.3. The van der Waals surface area contributed by atoms with Crippen LogP contribution in [0.5, 0.6) is 0 Å². The fourth-order valence-electron chi connectivity index (χ4n) is 3.33. The number of nitrogens with zero attached hydrogens (tertiary/aromatic N) is 2. The number of rotatable bonds is 10. The largest absolute Gasteiger partial charge is 0.447 e. The van der Waals surface area contributed by atoms with Crippen LogP contribution in [0.4, 0.5) is 25.0 Å². The maximum atomic E-state index is 13.3. The maximum Gasteiger partial charge on any atom is 0.408 e. The van der Waals surface area contributed by atoms with E-state index in [2.05, 4.69) is 15.5 Å². The van der Waals surface area contributed by atoms with Crippen molar-refractivity contribution in [2.45, 2.75) is 32.6 Å². The number of hydroxylamine groups is 1. The molecule has 1 aromatic heterocycles. The van der Waals surface area contributed by atoms with Crippen LogP contribution in [0.3, 0.4) is 0 Å². The molecule has 1 saturated heterocycles. The predicted octanol–water partition coefficient (Wildman–Crippen LogP) is 3.19. The number of carbonyl (C=O) groups excluding carboxylic acids is 4. The molecule has 0 saturated carbocycles. The van der Waals surface area contributed by atoms with Crippen molar-refractivity contribution in [3.63, 3.8) is 0 Å². The van der Waals surface area contributed by atoms with Gasteiger partial charge in [0.15, 0.2) is 0 Å². The lowest BCUT2D eigenvalue weighted by atomic mass is 10.2. The first kappa shape index (κ1) is 29.2. The predicted molar refractivity (Wildman–Crippen MR) is 134 cm³/mol. The van der Waals surface area contributed by atoms with E-state index in [1.54, 1.807) is 13.8 Å². The van der Waals surface area contributed by atoms with E-state index in [9.17, 15) is 28.0 Å². The Balaban J connectivity index is 1.82. The number of hydrogen-bond acceptors (Lipinski definition) is 8. The summed E-state index contributed by atoms with van der Waals surface area (Å²) in [7, 11) is 0. The van der Waals surface area contributed by atoms with Gasteiger partial charge in [0.1, 0.15) is 12.6 Å². The summed E-state index contributed by atoms with van der Waals surface area (Å²) in [6.45, 7) is -0.195. The molecule has 1 fully saturated rings. The van der Waals surface area contributed by atoms with Gasteiger partial charge in [-0.05, 0) is 50.2 Å². The van der Waals surface area contributed by atoms with E-state index in [0.29, 0.717) is 28.2 Å². The van der Waals surface area contributed by atoms with Gasteiger partial charge in [-0.2, -0.15) is 18.7 Å². The molecule has 2 N–H and O–H groups in total. The fourth-order valence-corrected chi connectivity index (χ4v) is 4.29. The minimum atomic E-state index is -3.40. The molecule has 38 heavy (non-hydrogen) atoms. The molecule has 2 heterocycles. The fraction of sp³-hybridized carbons (Fsp3) is 0.391. The summed E-state index contributed by atoms with van der Waals surface area (Å²) in [6, 6.07) is 6.92. The molecule has 3 rings (SSSR count). The lowest BCUT2D eigenvalue weighted by Gasteiger charge is -2.29. The number of halogens is 3. The molecule has 2 aromatic rings. The highest BCUT2D eigenvalue weighted by atomic mass is 35.5. The second-order valence-electron chi connectivity index (χ2n) is 8.08. The quantitative estimate of drug-likeness (QED) is 0.417. The molecule has 0 bridgehead atoms. The van der Waals surface area contributed by atoms with E-state index in [4.69, 9.17) is 21.1 Å². The van der Waals surface area contributed by atoms with Gasteiger partial charge in [0.2, 0.25) is 0 Å². The number of morpholine rings is 1. The Morgan fingerprint density at radius 1 is 1.18 bits per heavy atom. The van der Waals surface area contributed by atoms with Gasteiger partial charge in [0, 0.05) is 18.8 Å². The molecule has 206 valence electrons. The van der Waals surface area contributed by atoms with Crippen LogP contribution in [-0.2, 0) is 23.9 Å². The van der Waals surface area contributed by atoms with Gasteiger partial charge in [0.25, 0.3) is 17.7 Å². The molecule has 0 radical (unpaired) electrons. The van der Waals surface area contributed by atoms with Gasteiger partial charge < -0.3 is 25.0 Å². The topological polar surface area (TPSA) is 127 Å². The minimum absolute atomic E-state index is 0.0932. The van der Waals surface area contributed by atoms with Gasteiger partial charge >= 0.3 is 12.7 Å². The van der Waals surface area contributed by atoms with Gasteiger partial charge in [-0.15, -0.1) is 11.3 Å².